The lowest BCUT2D eigenvalue weighted by Gasteiger charge is -2.28. The van der Waals surface area contributed by atoms with Gasteiger partial charge in [0.15, 0.2) is 5.82 Å². The van der Waals surface area contributed by atoms with Crippen LogP contribution in [0.4, 0.5) is 11.5 Å². The Bertz CT molecular complexity index is 770. The molecule has 30 heavy (non-hydrogen) atoms. The van der Waals surface area contributed by atoms with E-state index in [4.69, 9.17) is 21.1 Å². The number of nitro groups is 1. The second-order valence-electron chi connectivity index (χ2n) is 6.14. The zero-order chi connectivity index (χ0) is 21.8. The number of morpholine rings is 2. The monoisotopic (exact) mass is 437 g/mol. The van der Waals surface area contributed by atoms with Crippen molar-refractivity contribution in [2.75, 3.05) is 57.5 Å². The van der Waals surface area contributed by atoms with Gasteiger partial charge in [0, 0.05) is 49.9 Å². The Hall–Kier alpha value is -2.33. The average molecular weight is 438 g/mol. The molecule has 0 saturated carbocycles. The summed E-state index contributed by atoms with van der Waals surface area (Å²) in [5.74, 6) is 1.18. The third-order valence-corrected chi connectivity index (χ3v) is 4.39. The van der Waals surface area contributed by atoms with Crippen molar-refractivity contribution in [2.45, 2.75) is 13.8 Å². The molecule has 1 aromatic carbocycles. The topological polar surface area (TPSA) is 103 Å². The summed E-state index contributed by atoms with van der Waals surface area (Å²) in [6, 6.07) is 7.80. The van der Waals surface area contributed by atoms with E-state index in [2.05, 4.69) is 20.2 Å². The van der Waals surface area contributed by atoms with Crippen LogP contribution in [-0.4, -0.2) is 67.5 Å². The molecule has 2 aliphatic heterocycles. The number of aromatic nitrogens is 2. The highest BCUT2D eigenvalue weighted by Crippen LogP contribution is 2.24. The lowest BCUT2D eigenvalue weighted by Crippen LogP contribution is -2.36. The number of nitro benzene ring substituents is 1. The number of hydrogen-bond acceptors (Lipinski definition) is 8. The van der Waals surface area contributed by atoms with E-state index in [0.29, 0.717) is 29.8 Å². The summed E-state index contributed by atoms with van der Waals surface area (Å²) in [5.41, 5.74) is 0.710. The van der Waals surface area contributed by atoms with Gasteiger partial charge in [-0.25, -0.2) is 9.97 Å². The van der Waals surface area contributed by atoms with Crippen LogP contribution in [0.25, 0.3) is 11.4 Å². The van der Waals surface area contributed by atoms with Crippen molar-refractivity contribution in [1.82, 2.24) is 15.3 Å². The van der Waals surface area contributed by atoms with E-state index in [1.807, 2.05) is 13.8 Å². The zero-order valence-electron chi connectivity index (χ0n) is 17.3. The summed E-state index contributed by atoms with van der Waals surface area (Å²) < 4.78 is 10.3. The molecule has 10 heteroatoms. The molecule has 0 aliphatic carbocycles. The summed E-state index contributed by atoms with van der Waals surface area (Å²) in [6.45, 7) is 10.6. The molecule has 164 valence electrons. The highest BCUT2D eigenvalue weighted by atomic mass is 35.5. The highest BCUT2D eigenvalue weighted by molar-refractivity contribution is 6.29. The third kappa shape index (κ3) is 7.49. The van der Waals surface area contributed by atoms with Gasteiger partial charge in [-0.1, -0.05) is 25.4 Å². The van der Waals surface area contributed by atoms with Gasteiger partial charge in [-0.05, 0) is 12.1 Å². The van der Waals surface area contributed by atoms with E-state index in [0.717, 1.165) is 45.2 Å². The van der Waals surface area contributed by atoms with Gasteiger partial charge in [-0.3, -0.25) is 10.1 Å². The first kappa shape index (κ1) is 23.9. The minimum Gasteiger partial charge on any atom is -0.379 e. The van der Waals surface area contributed by atoms with E-state index >= 15 is 0 Å². The number of halogens is 1. The van der Waals surface area contributed by atoms with Gasteiger partial charge in [-0.15, -0.1) is 0 Å². The predicted molar refractivity (Wildman–Crippen MR) is 117 cm³/mol. The molecule has 4 rings (SSSR count). The molecule has 9 nitrogen and oxygen atoms in total. The quantitative estimate of drug-likeness (QED) is 0.443. The smallest absolute Gasteiger partial charge is 0.269 e. The number of nitrogens with one attached hydrogen (secondary N) is 1. The van der Waals surface area contributed by atoms with E-state index in [1.165, 1.54) is 12.1 Å². The minimum atomic E-state index is -0.443. The Morgan fingerprint density at radius 3 is 2.13 bits per heavy atom. The fourth-order valence-electron chi connectivity index (χ4n) is 2.74. The number of non-ortho nitro benzene ring substituents is 1. The summed E-state index contributed by atoms with van der Waals surface area (Å²) in [4.78, 5) is 21.0. The lowest BCUT2D eigenvalue weighted by atomic mass is 10.2. The van der Waals surface area contributed by atoms with Crippen molar-refractivity contribution in [2.24, 2.45) is 0 Å². The molecule has 0 spiro atoms. The normalized spacial score (nSPS) is 15.9. The standard InChI is InChI=1S/C14H13ClN4O3.C4H9NO.C2H6/c15-12-9-13(18-5-7-22-8-6-18)17-14(16-12)10-1-3-11(4-2-10)19(20)21;1-3-6-4-2-5-1;1-2/h1-4,9H,5-8H2;5H,1-4H2;1-2H3. The molecule has 3 heterocycles. The predicted octanol–water partition coefficient (Wildman–Crippen LogP) is 3.17. The van der Waals surface area contributed by atoms with Crippen LogP contribution in [0.3, 0.4) is 0 Å². The Kier molecular flexibility index (Phi) is 10.4. The molecule has 0 amide bonds. The van der Waals surface area contributed by atoms with Crippen molar-refractivity contribution >= 4 is 23.1 Å². The Labute approximate surface area is 181 Å². The molecule has 0 unspecified atom stereocenters. The molecule has 2 aromatic rings. The molecular weight excluding hydrogens is 410 g/mol. The molecular formula is C20H28ClN5O4. The Morgan fingerprint density at radius 1 is 1.03 bits per heavy atom. The van der Waals surface area contributed by atoms with Crippen LogP contribution in [0.1, 0.15) is 13.8 Å². The van der Waals surface area contributed by atoms with Gasteiger partial charge in [-0.2, -0.15) is 0 Å². The van der Waals surface area contributed by atoms with Gasteiger partial charge in [0.05, 0.1) is 31.4 Å². The Balaban J connectivity index is 0.000000340. The van der Waals surface area contributed by atoms with Crippen molar-refractivity contribution in [3.63, 3.8) is 0 Å². The average Bonchev–Trinajstić information content (AvgIpc) is 2.82. The van der Waals surface area contributed by atoms with Crippen LogP contribution in [0.15, 0.2) is 30.3 Å². The molecule has 0 radical (unpaired) electrons. The highest BCUT2D eigenvalue weighted by Gasteiger charge is 2.15. The minimum absolute atomic E-state index is 0.0270. The molecule has 2 saturated heterocycles. The van der Waals surface area contributed by atoms with Crippen molar-refractivity contribution in [1.29, 1.82) is 0 Å². The number of ether oxygens (including phenoxy) is 2. The number of anilines is 1. The summed E-state index contributed by atoms with van der Waals surface area (Å²) in [7, 11) is 0. The number of hydrogen-bond donors (Lipinski definition) is 1. The molecule has 1 N–H and O–H groups in total. The van der Waals surface area contributed by atoms with E-state index < -0.39 is 4.92 Å². The molecule has 0 bridgehead atoms. The van der Waals surface area contributed by atoms with Crippen LogP contribution in [0, 0.1) is 10.1 Å². The first-order valence-corrected chi connectivity index (χ1v) is 10.4. The first-order chi connectivity index (χ1) is 14.6. The number of benzene rings is 1. The number of nitrogens with zero attached hydrogens (tertiary/aromatic N) is 4. The second-order valence-corrected chi connectivity index (χ2v) is 6.53. The number of rotatable bonds is 3. The van der Waals surface area contributed by atoms with Gasteiger partial charge >= 0.3 is 0 Å². The molecule has 0 atom stereocenters. The van der Waals surface area contributed by atoms with Crippen LogP contribution in [0.5, 0.6) is 0 Å². The Morgan fingerprint density at radius 2 is 1.63 bits per heavy atom. The van der Waals surface area contributed by atoms with Gasteiger partial charge in [0.25, 0.3) is 5.69 Å². The van der Waals surface area contributed by atoms with E-state index in [1.54, 1.807) is 18.2 Å². The van der Waals surface area contributed by atoms with Crippen molar-refractivity contribution in [3.05, 3.63) is 45.6 Å². The molecule has 1 aromatic heterocycles. The lowest BCUT2D eigenvalue weighted by molar-refractivity contribution is -0.384. The van der Waals surface area contributed by atoms with Crippen LogP contribution < -0.4 is 10.2 Å². The van der Waals surface area contributed by atoms with Gasteiger partial charge < -0.3 is 19.7 Å². The van der Waals surface area contributed by atoms with Gasteiger partial charge in [0.1, 0.15) is 11.0 Å². The van der Waals surface area contributed by atoms with Crippen LogP contribution in [0.2, 0.25) is 5.15 Å². The maximum absolute atomic E-state index is 10.7. The molecule has 2 aliphatic rings. The fourth-order valence-corrected chi connectivity index (χ4v) is 2.91. The van der Waals surface area contributed by atoms with Crippen LogP contribution in [-0.2, 0) is 9.47 Å². The zero-order valence-corrected chi connectivity index (χ0v) is 18.1. The van der Waals surface area contributed by atoms with Crippen molar-refractivity contribution < 1.29 is 14.4 Å². The second kappa shape index (κ2) is 13.1. The summed E-state index contributed by atoms with van der Waals surface area (Å²) >= 11 is 6.08. The summed E-state index contributed by atoms with van der Waals surface area (Å²) in [5, 5.41) is 14.2. The third-order valence-electron chi connectivity index (χ3n) is 4.20. The van der Waals surface area contributed by atoms with Crippen LogP contribution >= 0.6 is 11.6 Å². The van der Waals surface area contributed by atoms with Gasteiger partial charge in [0.2, 0.25) is 0 Å². The van der Waals surface area contributed by atoms with E-state index in [-0.39, 0.29) is 5.69 Å². The summed E-state index contributed by atoms with van der Waals surface area (Å²) in [6.07, 6.45) is 0. The first-order valence-electron chi connectivity index (χ1n) is 10.0. The maximum atomic E-state index is 10.7. The van der Waals surface area contributed by atoms with E-state index in [9.17, 15) is 10.1 Å². The molecule has 2 fully saturated rings. The fraction of sp³-hybridized carbons (Fsp3) is 0.500. The maximum Gasteiger partial charge on any atom is 0.269 e. The SMILES string of the molecule is C1COCCN1.CC.O=[N+]([O-])c1ccc(-c2nc(Cl)cc(N3CCOCC3)n2)cc1. The van der Waals surface area contributed by atoms with Crippen molar-refractivity contribution in [3.8, 4) is 11.4 Å². The largest absolute Gasteiger partial charge is 0.379 e.